The van der Waals surface area contributed by atoms with E-state index >= 15 is 0 Å². The van der Waals surface area contributed by atoms with E-state index in [0.717, 1.165) is 31.1 Å². The third-order valence-electron chi connectivity index (χ3n) is 3.22. The van der Waals surface area contributed by atoms with Gasteiger partial charge >= 0.3 is 0 Å². The summed E-state index contributed by atoms with van der Waals surface area (Å²) in [6.45, 7) is 6.52. The molecule has 0 bridgehead atoms. The van der Waals surface area contributed by atoms with Gasteiger partial charge in [0.1, 0.15) is 11.6 Å². The fourth-order valence-electron chi connectivity index (χ4n) is 2.03. The van der Waals surface area contributed by atoms with Gasteiger partial charge in [-0.3, -0.25) is 4.98 Å². The van der Waals surface area contributed by atoms with Crippen molar-refractivity contribution in [1.29, 1.82) is 0 Å². The highest BCUT2D eigenvalue weighted by molar-refractivity contribution is 5.44. The van der Waals surface area contributed by atoms with Crippen LogP contribution in [0.15, 0.2) is 12.4 Å². The van der Waals surface area contributed by atoms with Crippen LogP contribution in [0, 0.1) is 5.92 Å². The van der Waals surface area contributed by atoms with Crippen LogP contribution in [0.25, 0.3) is 0 Å². The Balaban J connectivity index is 2.09. The van der Waals surface area contributed by atoms with Gasteiger partial charge in [-0.2, -0.15) is 0 Å². The van der Waals surface area contributed by atoms with Gasteiger partial charge in [0.2, 0.25) is 0 Å². The Morgan fingerprint density at radius 1 is 1.53 bits per heavy atom. The number of nitrogens with zero attached hydrogens (tertiary/aromatic N) is 3. The number of anilines is 2. The summed E-state index contributed by atoms with van der Waals surface area (Å²) < 4.78 is 0. The highest BCUT2D eigenvalue weighted by atomic mass is 16.3. The Bertz CT molecular complexity index is 371. The number of rotatable bonds is 3. The van der Waals surface area contributed by atoms with Crippen molar-refractivity contribution in [2.45, 2.75) is 26.4 Å². The van der Waals surface area contributed by atoms with E-state index in [-0.39, 0.29) is 6.10 Å². The molecule has 1 saturated heterocycles. The number of hydrogen-bond acceptors (Lipinski definition) is 5. The Labute approximate surface area is 102 Å². The van der Waals surface area contributed by atoms with E-state index in [4.69, 9.17) is 0 Å². The van der Waals surface area contributed by atoms with Crippen LogP contribution in [0.4, 0.5) is 11.6 Å². The zero-order chi connectivity index (χ0) is 12.3. The number of aliphatic hydroxyl groups is 1. The first kappa shape index (κ1) is 12.1. The lowest BCUT2D eigenvalue weighted by atomic mass is 9.96. The minimum atomic E-state index is -0.270. The molecule has 0 amide bonds. The molecule has 5 nitrogen and oxygen atoms in total. The molecule has 0 aromatic carbocycles. The smallest absolute Gasteiger partial charge is 0.149 e. The molecule has 1 fully saturated rings. The number of piperidine rings is 1. The maximum Gasteiger partial charge on any atom is 0.149 e. The summed E-state index contributed by atoms with van der Waals surface area (Å²) in [6.07, 6.45) is 4.20. The number of aliphatic hydroxyl groups excluding tert-OH is 1. The molecule has 17 heavy (non-hydrogen) atoms. The molecule has 94 valence electrons. The minimum absolute atomic E-state index is 0.270. The topological polar surface area (TPSA) is 61.3 Å². The maximum absolute atomic E-state index is 9.88. The highest BCUT2D eigenvalue weighted by Gasteiger charge is 2.25. The van der Waals surface area contributed by atoms with Crippen LogP contribution in [-0.4, -0.2) is 40.8 Å². The van der Waals surface area contributed by atoms with Crippen molar-refractivity contribution in [2.24, 2.45) is 5.92 Å². The molecule has 0 spiro atoms. The van der Waals surface area contributed by atoms with Gasteiger partial charge < -0.3 is 15.3 Å². The molecular weight excluding hydrogens is 216 g/mol. The molecule has 1 aromatic heterocycles. The van der Waals surface area contributed by atoms with Crippen LogP contribution in [-0.2, 0) is 0 Å². The first-order valence-electron chi connectivity index (χ1n) is 6.19. The zero-order valence-corrected chi connectivity index (χ0v) is 10.4. The number of β-amino-alcohol motifs (C(OH)–C–C–N with tert-alkyl or cyclic N) is 1. The summed E-state index contributed by atoms with van der Waals surface area (Å²) in [7, 11) is 0. The molecular formula is C12H20N4O. The molecule has 1 aliphatic heterocycles. The van der Waals surface area contributed by atoms with E-state index < -0.39 is 0 Å². The molecule has 2 rings (SSSR count). The van der Waals surface area contributed by atoms with Gasteiger partial charge in [0, 0.05) is 19.6 Å². The summed E-state index contributed by atoms with van der Waals surface area (Å²) in [5.41, 5.74) is 0. The predicted molar refractivity (Wildman–Crippen MR) is 68.2 cm³/mol. The Kier molecular flexibility index (Phi) is 3.78. The van der Waals surface area contributed by atoms with Crippen LogP contribution in [0.1, 0.15) is 20.3 Å². The van der Waals surface area contributed by atoms with Crippen molar-refractivity contribution in [3.05, 3.63) is 12.4 Å². The molecule has 0 radical (unpaired) electrons. The molecule has 5 heteroatoms. The lowest BCUT2D eigenvalue weighted by Crippen LogP contribution is -2.43. The van der Waals surface area contributed by atoms with Crippen LogP contribution >= 0.6 is 0 Å². The van der Waals surface area contributed by atoms with E-state index in [1.165, 1.54) is 0 Å². The number of hydrogen-bond donors (Lipinski definition) is 2. The van der Waals surface area contributed by atoms with Gasteiger partial charge in [0.15, 0.2) is 0 Å². The molecule has 1 aliphatic rings. The molecule has 1 aromatic rings. The zero-order valence-electron chi connectivity index (χ0n) is 10.4. The van der Waals surface area contributed by atoms with Crippen molar-refractivity contribution in [3.63, 3.8) is 0 Å². The average Bonchev–Trinajstić information content (AvgIpc) is 2.33. The van der Waals surface area contributed by atoms with Crippen LogP contribution in [0.5, 0.6) is 0 Å². The standard InChI is InChI=1S/C12H20N4O/c1-3-14-11-6-13-7-12(15-11)16-5-4-9(2)10(17)8-16/h6-7,9-10,17H,3-5,8H2,1-2H3,(H,14,15). The van der Waals surface area contributed by atoms with Gasteiger partial charge in [0.25, 0.3) is 0 Å². The second kappa shape index (κ2) is 5.31. The molecule has 2 atom stereocenters. The van der Waals surface area contributed by atoms with E-state index in [1.54, 1.807) is 12.4 Å². The van der Waals surface area contributed by atoms with Crippen molar-refractivity contribution in [2.75, 3.05) is 29.9 Å². The summed E-state index contributed by atoms with van der Waals surface area (Å²) in [6, 6.07) is 0. The van der Waals surface area contributed by atoms with Gasteiger partial charge in [-0.05, 0) is 19.3 Å². The van der Waals surface area contributed by atoms with E-state index in [9.17, 15) is 5.11 Å². The number of aromatic nitrogens is 2. The van der Waals surface area contributed by atoms with Crippen molar-refractivity contribution < 1.29 is 5.11 Å². The van der Waals surface area contributed by atoms with Crippen molar-refractivity contribution in [3.8, 4) is 0 Å². The van der Waals surface area contributed by atoms with Crippen LogP contribution < -0.4 is 10.2 Å². The van der Waals surface area contributed by atoms with Gasteiger partial charge in [-0.1, -0.05) is 6.92 Å². The molecule has 0 aliphatic carbocycles. The monoisotopic (exact) mass is 236 g/mol. The maximum atomic E-state index is 9.88. The van der Waals surface area contributed by atoms with Gasteiger partial charge in [-0.15, -0.1) is 0 Å². The van der Waals surface area contributed by atoms with E-state index in [0.29, 0.717) is 12.5 Å². The van der Waals surface area contributed by atoms with E-state index in [1.807, 2.05) is 6.92 Å². The minimum Gasteiger partial charge on any atom is -0.391 e. The van der Waals surface area contributed by atoms with Crippen molar-refractivity contribution >= 4 is 11.6 Å². The normalized spacial score (nSPS) is 24.8. The van der Waals surface area contributed by atoms with Crippen molar-refractivity contribution in [1.82, 2.24) is 9.97 Å². The summed E-state index contributed by atoms with van der Waals surface area (Å²) in [4.78, 5) is 10.8. The third-order valence-corrected chi connectivity index (χ3v) is 3.22. The summed E-state index contributed by atoms with van der Waals surface area (Å²) in [5, 5.41) is 13.0. The highest BCUT2D eigenvalue weighted by Crippen LogP contribution is 2.21. The fourth-order valence-corrected chi connectivity index (χ4v) is 2.03. The summed E-state index contributed by atoms with van der Waals surface area (Å²) >= 11 is 0. The quantitative estimate of drug-likeness (QED) is 0.823. The molecule has 2 heterocycles. The molecule has 2 N–H and O–H groups in total. The molecule has 2 unspecified atom stereocenters. The Morgan fingerprint density at radius 3 is 3.06 bits per heavy atom. The third kappa shape index (κ3) is 2.85. The Morgan fingerprint density at radius 2 is 2.35 bits per heavy atom. The predicted octanol–water partition coefficient (Wildman–Crippen LogP) is 1.12. The fraction of sp³-hybridized carbons (Fsp3) is 0.667. The van der Waals surface area contributed by atoms with Crippen LogP contribution in [0.3, 0.4) is 0 Å². The second-order valence-electron chi connectivity index (χ2n) is 4.57. The van der Waals surface area contributed by atoms with Gasteiger partial charge in [-0.25, -0.2) is 4.98 Å². The Hall–Kier alpha value is -1.36. The average molecular weight is 236 g/mol. The van der Waals surface area contributed by atoms with Crippen LogP contribution in [0.2, 0.25) is 0 Å². The van der Waals surface area contributed by atoms with E-state index in [2.05, 4.69) is 27.1 Å². The largest absolute Gasteiger partial charge is 0.391 e. The SMILES string of the molecule is CCNc1cncc(N2CCC(C)C(O)C2)n1. The lowest BCUT2D eigenvalue weighted by Gasteiger charge is -2.34. The first-order valence-corrected chi connectivity index (χ1v) is 6.19. The van der Waals surface area contributed by atoms with Gasteiger partial charge in [0.05, 0.1) is 18.5 Å². The lowest BCUT2D eigenvalue weighted by molar-refractivity contribution is 0.102. The summed E-state index contributed by atoms with van der Waals surface area (Å²) in [5.74, 6) is 2.00. The second-order valence-corrected chi connectivity index (χ2v) is 4.57. The number of nitrogens with one attached hydrogen (secondary N) is 1. The first-order chi connectivity index (χ1) is 8.20. The molecule has 0 saturated carbocycles.